The molecular formula is C15H15ClO. The summed E-state index contributed by atoms with van der Waals surface area (Å²) in [6.45, 7) is 2.22. The number of hydrogen-bond donors (Lipinski definition) is 1. The van der Waals surface area contributed by atoms with E-state index in [4.69, 9.17) is 16.7 Å². The average Bonchev–Trinajstić information content (AvgIpc) is 2.33. The number of aryl methyl sites for hydroxylation is 1. The molecule has 0 aliphatic carbocycles. The van der Waals surface area contributed by atoms with Crippen LogP contribution in [0.4, 0.5) is 0 Å². The van der Waals surface area contributed by atoms with Crippen molar-refractivity contribution in [1.29, 1.82) is 0 Å². The summed E-state index contributed by atoms with van der Waals surface area (Å²) in [5.74, 6) is 0. The van der Waals surface area contributed by atoms with Crippen LogP contribution >= 0.6 is 11.6 Å². The molecule has 2 heteroatoms. The van der Waals surface area contributed by atoms with Gasteiger partial charge in [0.25, 0.3) is 0 Å². The van der Waals surface area contributed by atoms with E-state index < -0.39 is 0 Å². The van der Waals surface area contributed by atoms with Gasteiger partial charge in [0.15, 0.2) is 0 Å². The molecule has 1 nitrogen and oxygen atoms in total. The van der Waals surface area contributed by atoms with Crippen molar-refractivity contribution in [1.82, 2.24) is 0 Å². The molecule has 0 atom stereocenters. The molecule has 0 fully saturated rings. The zero-order valence-electron chi connectivity index (χ0n) is 9.78. The van der Waals surface area contributed by atoms with E-state index in [0.717, 1.165) is 21.7 Å². The van der Waals surface area contributed by atoms with Crippen LogP contribution in [0.3, 0.4) is 0 Å². The van der Waals surface area contributed by atoms with Gasteiger partial charge in [-0.05, 0) is 36.6 Å². The van der Waals surface area contributed by atoms with Crippen LogP contribution in [0.25, 0.3) is 11.1 Å². The Bertz CT molecular complexity index is 503. The molecule has 88 valence electrons. The van der Waals surface area contributed by atoms with Crippen LogP contribution in [0.5, 0.6) is 0 Å². The molecule has 0 saturated heterocycles. The first-order chi connectivity index (χ1) is 8.20. The van der Waals surface area contributed by atoms with Crippen LogP contribution in [0, 0.1) is 6.92 Å². The summed E-state index contributed by atoms with van der Waals surface area (Å²) in [5, 5.41) is 9.70. The highest BCUT2D eigenvalue weighted by atomic mass is 35.5. The lowest BCUT2D eigenvalue weighted by Crippen LogP contribution is -1.91. The highest BCUT2D eigenvalue weighted by Gasteiger charge is 2.04. The third-order valence-electron chi connectivity index (χ3n) is 2.79. The first-order valence-corrected chi connectivity index (χ1v) is 6.05. The number of aliphatic hydroxyl groups excluding tert-OH is 1. The lowest BCUT2D eigenvalue weighted by molar-refractivity contribution is 0.299. The second kappa shape index (κ2) is 5.35. The molecule has 0 spiro atoms. The van der Waals surface area contributed by atoms with E-state index in [1.165, 1.54) is 5.56 Å². The SMILES string of the molecule is Cc1ccc(-c2cc(CCO)ccc2Cl)cc1. The average molecular weight is 247 g/mol. The van der Waals surface area contributed by atoms with E-state index >= 15 is 0 Å². The Morgan fingerprint density at radius 3 is 2.41 bits per heavy atom. The Morgan fingerprint density at radius 1 is 1.06 bits per heavy atom. The summed E-state index contributed by atoms with van der Waals surface area (Å²) in [7, 11) is 0. The Hall–Kier alpha value is -1.31. The number of aliphatic hydroxyl groups is 1. The van der Waals surface area contributed by atoms with E-state index in [2.05, 4.69) is 31.2 Å². The van der Waals surface area contributed by atoms with E-state index in [0.29, 0.717) is 6.42 Å². The van der Waals surface area contributed by atoms with Gasteiger partial charge in [0.1, 0.15) is 0 Å². The quantitative estimate of drug-likeness (QED) is 0.872. The first-order valence-electron chi connectivity index (χ1n) is 5.67. The normalized spacial score (nSPS) is 10.5. The van der Waals surface area contributed by atoms with Gasteiger partial charge in [-0.15, -0.1) is 0 Å². The molecule has 0 aliphatic heterocycles. The smallest absolute Gasteiger partial charge is 0.0484 e. The molecule has 2 rings (SSSR count). The van der Waals surface area contributed by atoms with Crippen LogP contribution in [-0.2, 0) is 6.42 Å². The third kappa shape index (κ3) is 2.87. The highest BCUT2D eigenvalue weighted by molar-refractivity contribution is 6.33. The minimum atomic E-state index is 0.162. The van der Waals surface area contributed by atoms with Crippen LogP contribution in [0.15, 0.2) is 42.5 Å². The van der Waals surface area contributed by atoms with Gasteiger partial charge >= 0.3 is 0 Å². The fraction of sp³-hybridized carbons (Fsp3) is 0.200. The standard InChI is InChI=1S/C15H15ClO/c1-11-2-5-13(6-3-11)14-10-12(8-9-17)4-7-15(14)16/h2-7,10,17H,8-9H2,1H3. The summed E-state index contributed by atoms with van der Waals surface area (Å²) in [6, 6.07) is 14.2. The predicted molar refractivity (Wildman–Crippen MR) is 72.4 cm³/mol. The van der Waals surface area contributed by atoms with Crippen molar-refractivity contribution in [3.63, 3.8) is 0 Å². The van der Waals surface area contributed by atoms with Crippen LogP contribution in [0.1, 0.15) is 11.1 Å². The van der Waals surface area contributed by atoms with Gasteiger partial charge in [-0.25, -0.2) is 0 Å². The van der Waals surface area contributed by atoms with Crippen LogP contribution in [-0.4, -0.2) is 11.7 Å². The van der Waals surface area contributed by atoms with Crippen molar-refractivity contribution < 1.29 is 5.11 Å². The summed E-state index contributed by atoms with van der Waals surface area (Å²) in [6.07, 6.45) is 0.663. The van der Waals surface area contributed by atoms with Crippen molar-refractivity contribution >= 4 is 11.6 Å². The lowest BCUT2D eigenvalue weighted by atomic mass is 10.0. The first kappa shape index (κ1) is 12.2. The molecule has 2 aromatic carbocycles. The van der Waals surface area contributed by atoms with Crippen molar-refractivity contribution in [3.8, 4) is 11.1 Å². The fourth-order valence-electron chi connectivity index (χ4n) is 1.81. The molecule has 0 aliphatic rings. The van der Waals surface area contributed by atoms with Crippen molar-refractivity contribution in [2.75, 3.05) is 6.61 Å². The molecule has 0 aromatic heterocycles. The third-order valence-corrected chi connectivity index (χ3v) is 3.12. The number of benzene rings is 2. The van der Waals surface area contributed by atoms with Gasteiger partial charge < -0.3 is 5.11 Å². The maximum atomic E-state index is 8.95. The molecule has 0 unspecified atom stereocenters. The zero-order chi connectivity index (χ0) is 12.3. The molecule has 0 bridgehead atoms. The molecule has 2 aromatic rings. The fourth-order valence-corrected chi connectivity index (χ4v) is 2.04. The molecule has 0 radical (unpaired) electrons. The van der Waals surface area contributed by atoms with Crippen LogP contribution in [0.2, 0.25) is 5.02 Å². The summed E-state index contributed by atoms with van der Waals surface area (Å²) in [4.78, 5) is 0. The van der Waals surface area contributed by atoms with Gasteiger partial charge in [0.2, 0.25) is 0 Å². The molecule has 1 N–H and O–H groups in total. The van der Waals surface area contributed by atoms with Gasteiger partial charge in [-0.2, -0.15) is 0 Å². The number of hydrogen-bond acceptors (Lipinski definition) is 1. The van der Waals surface area contributed by atoms with Gasteiger partial charge in [0, 0.05) is 17.2 Å². The van der Waals surface area contributed by atoms with Crippen molar-refractivity contribution in [3.05, 3.63) is 58.6 Å². The minimum absolute atomic E-state index is 0.162. The van der Waals surface area contributed by atoms with Gasteiger partial charge in [-0.1, -0.05) is 47.5 Å². The number of rotatable bonds is 3. The van der Waals surface area contributed by atoms with E-state index in [1.54, 1.807) is 0 Å². The Kier molecular flexibility index (Phi) is 3.82. The zero-order valence-corrected chi connectivity index (χ0v) is 10.5. The monoisotopic (exact) mass is 246 g/mol. The molecule has 0 heterocycles. The highest BCUT2D eigenvalue weighted by Crippen LogP contribution is 2.29. The summed E-state index contributed by atoms with van der Waals surface area (Å²) in [5.41, 5.74) is 4.47. The van der Waals surface area contributed by atoms with E-state index in [-0.39, 0.29) is 6.61 Å². The summed E-state index contributed by atoms with van der Waals surface area (Å²) < 4.78 is 0. The van der Waals surface area contributed by atoms with Crippen LogP contribution < -0.4 is 0 Å². The Balaban J connectivity index is 2.42. The van der Waals surface area contributed by atoms with E-state index in [9.17, 15) is 0 Å². The number of halogens is 1. The van der Waals surface area contributed by atoms with Crippen molar-refractivity contribution in [2.24, 2.45) is 0 Å². The topological polar surface area (TPSA) is 20.2 Å². The second-order valence-electron chi connectivity index (χ2n) is 4.15. The Labute approximate surface area is 107 Å². The second-order valence-corrected chi connectivity index (χ2v) is 4.56. The van der Waals surface area contributed by atoms with Gasteiger partial charge in [-0.3, -0.25) is 0 Å². The maximum Gasteiger partial charge on any atom is 0.0484 e. The molecule has 0 saturated carbocycles. The predicted octanol–water partition coefficient (Wildman–Crippen LogP) is 3.85. The molecular weight excluding hydrogens is 232 g/mol. The lowest BCUT2D eigenvalue weighted by Gasteiger charge is -2.07. The largest absolute Gasteiger partial charge is 0.396 e. The Morgan fingerprint density at radius 2 is 1.76 bits per heavy atom. The minimum Gasteiger partial charge on any atom is -0.396 e. The summed E-state index contributed by atoms with van der Waals surface area (Å²) >= 11 is 6.21. The molecule has 0 amide bonds. The molecule has 17 heavy (non-hydrogen) atoms. The van der Waals surface area contributed by atoms with E-state index in [1.807, 2.05) is 18.2 Å². The maximum absolute atomic E-state index is 8.95. The van der Waals surface area contributed by atoms with Crippen molar-refractivity contribution in [2.45, 2.75) is 13.3 Å². The van der Waals surface area contributed by atoms with Gasteiger partial charge in [0.05, 0.1) is 0 Å².